The molecule has 2 aromatic carbocycles. The van der Waals surface area contributed by atoms with Gasteiger partial charge < -0.3 is 5.73 Å². The van der Waals surface area contributed by atoms with Crippen LogP contribution in [-0.4, -0.2) is 10.9 Å². The van der Waals surface area contributed by atoms with Gasteiger partial charge in [0.1, 0.15) is 5.82 Å². The van der Waals surface area contributed by atoms with E-state index in [2.05, 4.69) is 4.98 Å². The average molecular weight is 341 g/mol. The van der Waals surface area contributed by atoms with Crippen LogP contribution in [0.5, 0.6) is 0 Å². The Kier molecular flexibility index (Phi) is 4.58. The quantitative estimate of drug-likeness (QED) is 0.772. The summed E-state index contributed by atoms with van der Waals surface area (Å²) in [6.45, 7) is 0. The van der Waals surface area contributed by atoms with Gasteiger partial charge in [-0.25, -0.2) is 4.39 Å². The molecule has 1 amide bonds. The maximum atomic E-state index is 13.4. The first-order valence-corrected chi connectivity index (χ1v) is 7.69. The van der Waals surface area contributed by atoms with E-state index >= 15 is 0 Å². The summed E-state index contributed by atoms with van der Waals surface area (Å²) in [5, 5.41) is 0.376. The van der Waals surface area contributed by atoms with Crippen molar-refractivity contribution in [3.05, 3.63) is 88.3 Å². The molecule has 2 N–H and O–H groups in total. The summed E-state index contributed by atoms with van der Waals surface area (Å²) in [6, 6.07) is 15.2. The molecular weight excluding hydrogens is 327 g/mol. The summed E-state index contributed by atoms with van der Waals surface area (Å²) in [7, 11) is 0. The van der Waals surface area contributed by atoms with Gasteiger partial charge in [-0.05, 0) is 60.0 Å². The summed E-state index contributed by atoms with van der Waals surface area (Å²) in [5.41, 5.74) is 9.11. The number of carbonyl (C=O) groups excluding carboxylic acids is 1. The van der Waals surface area contributed by atoms with Crippen molar-refractivity contribution >= 4 is 17.5 Å². The lowest BCUT2D eigenvalue weighted by Crippen LogP contribution is -2.10. The number of halogens is 2. The van der Waals surface area contributed by atoms with Crippen LogP contribution < -0.4 is 5.73 Å². The van der Waals surface area contributed by atoms with Crippen LogP contribution in [0, 0.1) is 5.82 Å². The first kappa shape index (κ1) is 16.1. The molecule has 0 atom stereocenters. The molecule has 1 heterocycles. The number of nitrogens with two attached hydrogens (primary N) is 1. The topological polar surface area (TPSA) is 56.0 Å². The largest absolute Gasteiger partial charge is 0.366 e. The molecule has 5 heteroatoms. The van der Waals surface area contributed by atoms with Crippen molar-refractivity contribution in [3.63, 3.8) is 0 Å². The van der Waals surface area contributed by atoms with Crippen LogP contribution >= 0.6 is 11.6 Å². The minimum Gasteiger partial charge on any atom is -0.366 e. The molecule has 0 radical (unpaired) electrons. The number of carbonyl (C=O) groups is 1. The third kappa shape index (κ3) is 3.78. The summed E-state index contributed by atoms with van der Waals surface area (Å²) in [6.07, 6.45) is 2.25. The number of hydrogen-bond donors (Lipinski definition) is 1. The van der Waals surface area contributed by atoms with Gasteiger partial charge >= 0.3 is 0 Å². The second-order valence-electron chi connectivity index (χ2n) is 5.45. The number of pyridine rings is 1. The lowest BCUT2D eigenvalue weighted by Gasteiger charge is -2.06. The zero-order valence-corrected chi connectivity index (χ0v) is 13.4. The first-order valence-electron chi connectivity index (χ1n) is 7.31. The third-order valence-electron chi connectivity index (χ3n) is 3.62. The Bertz CT molecular complexity index is 874. The normalized spacial score (nSPS) is 10.6. The van der Waals surface area contributed by atoms with Crippen molar-refractivity contribution in [2.75, 3.05) is 0 Å². The molecule has 0 saturated carbocycles. The van der Waals surface area contributed by atoms with Crippen molar-refractivity contribution < 1.29 is 9.18 Å². The van der Waals surface area contributed by atoms with Gasteiger partial charge in [-0.3, -0.25) is 9.78 Å². The fourth-order valence-electron chi connectivity index (χ4n) is 2.50. The molecule has 0 aliphatic heterocycles. The molecule has 0 fully saturated rings. The van der Waals surface area contributed by atoms with Gasteiger partial charge in [0, 0.05) is 22.3 Å². The van der Waals surface area contributed by atoms with E-state index in [1.165, 1.54) is 12.1 Å². The smallest absolute Gasteiger partial charge is 0.248 e. The number of hydrogen-bond acceptors (Lipinski definition) is 2. The molecule has 24 heavy (non-hydrogen) atoms. The Hall–Kier alpha value is -2.72. The second kappa shape index (κ2) is 6.81. The van der Waals surface area contributed by atoms with E-state index in [1.807, 2.05) is 12.1 Å². The van der Waals surface area contributed by atoms with Crippen molar-refractivity contribution in [2.24, 2.45) is 5.73 Å². The van der Waals surface area contributed by atoms with Crippen molar-refractivity contribution in [1.29, 1.82) is 0 Å². The Morgan fingerprint density at radius 1 is 1.04 bits per heavy atom. The Labute approximate surface area is 143 Å². The standard InChI is InChI=1S/C19H14ClFN2O/c20-16-8-13(9-17(21)11-16)7-12-5-6-23-18(10-12)14-1-3-15(4-2-14)19(22)24/h1-6,8-11H,7H2,(H2,22,24). The minimum absolute atomic E-state index is 0.353. The number of nitrogens with zero attached hydrogens (tertiary/aromatic N) is 1. The van der Waals surface area contributed by atoms with E-state index in [9.17, 15) is 9.18 Å². The molecular formula is C19H14ClFN2O. The van der Waals surface area contributed by atoms with E-state index in [-0.39, 0.29) is 5.82 Å². The molecule has 0 spiro atoms. The molecule has 0 aliphatic rings. The van der Waals surface area contributed by atoms with Crippen molar-refractivity contribution in [2.45, 2.75) is 6.42 Å². The monoisotopic (exact) mass is 340 g/mol. The molecule has 3 aromatic rings. The van der Waals surface area contributed by atoms with Crippen LogP contribution in [0.4, 0.5) is 4.39 Å². The van der Waals surface area contributed by atoms with Gasteiger partial charge in [0.2, 0.25) is 5.91 Å². The van der Waals surface area contributed by atoms with E-state index in [4.69, 9.17) is 17.3 Å². The number of benzene rings is 2. The highest BCUT2D eigenvalue weighted by molar-refractivity contribution is 6.30. The SMILES string of the molecule is NC(=O)c1ccc(-c2cc(Cc3cc(F)cc(Cl)c3)ccn2)cc1. The highest BCUT2D eigenvalue weighted by Crippen LogP contribution is 2.21. The minimum atomic E-state index is -0.466. The third-order valence-corrected chi connectivity index (χ3v) is 3.84. The molecule has 0 aliphatic carbocycles. The zero-order valence-electron chi connectivity index (χ0n) is 12.7. The average Bonchev–Trinajstić information content (AvgIpc) is 2.54. The van der Waals surface area contributed by atoms with Crippen LogP contribution in [0.1, 0.15) is 21.5 Å². The van der Waals surface area contributed by atoms with Crippen molar-refractivity contribution in [3.8, 4) is 11.3 Å². The molecule has 3 rings (SSSR count). The summed E-state index contributed by atoms with van der Waals surface area (Å²) < 4.78 is 13.4. The van der Waals surface area contributed by atoms with E-state index in [0.717, 1.165) is 22.4 Å². The van der Waals surface area contributed by atoms with Crippen LogP contribution in [0.25, 0.3) is 11.3 Å². The molecule has 3 nitrogen and oxygen atoms in total. The summed E-state index contributed by atoms with van der Waals surface area (Å²) in [4.78, 5) is 15.5. The van der Waals surface area contributed by atoms with E-state index < -0.39 is 5.91 Å². The Morgan fingerprint density at radius 2 is 1.79 bits per heavy atom. The highest BCUT2D eigenvalue weighted by Gasteiger charge is 2.06. The number of rotatable bonds is 4. The Morgan fingerprint density at radius 3 is 2.46 bits per heavy atom. The number of primary amides is 1. The first-order chi connectivity index (χ1) is 11.5. The van der Waals surface area contributed by atoms with Gasteiger partial charge in [0.25, 0.3) is 0 Å². The predicted molar refractivity (Wildman–Crippen MR) is 92.4 cm³/mol. The van der Waals surface area contributed by atoms with Gasteiger partial charge in [0.05, 0.1) is 5.69 Å². The van der Waals surface area contributed by atoms with Gasteiger partial charge in [-0.2, -0.15) is 0 Å². The lowest BCUT2D eigenvalue weighted by atomic mass is 10.0. The lowest BCUT2D eigenvalue weighted by molar-refractivity contribution is 0.100. The molecule has 120 valence electrons. The van der Waals surface area contributed by atoms with Gasteiger partial charge in [-0.15, -0.1) is 0 Å². The maximum absolute atomic E-state index is 13.4. The maximum Gasteiger partial charge on any atom is 0.248 e. The van der Waals surface area contributed by atoms with Crippen LogP contribution in [0.3, 0.4) is 0 Å². The molecule has 1 aromatic heterocycles. The highest BCUT2D eigenvalue weighted by atomic mass is 35.5. The van der Waals surface area contributed by atoms with Crippen LogP contribution in [0.2, 0.25) is 5.02 Å². The fraction of sp³-hybridized carbons (Fsp3) is 0.0526. The van der Waals surface area contributed by atoms with Gasteiger partial charge in [-0.1, -0.05) is 23.7 Å². The van der Waals surface area contributed by atoms with Gasteiger partial charge in [0.15, 0.2) is 0 Å². The fourth-order valence-corrected chi connectivity index (χ4v) is 2.74. The van der Waals surface area contributed by atoms with E-state index in [1.54, 1.807) is 36.5 Å². The Balaban J connectivity index is 1.87. The van der Waals surface area contributed by atoms with E-state index in [0.29, 0.717) is 17.0 Å². The zero-order chi connectivity index (χ0) is 17.1. The summed E-state index contributed by atoms with van der Waals surface area (Å²) in [5.74, 6) is -0.819. The number of amides is 1. The molecule has 0 unspecified atom stereocenters. The molecule has 0 bridgehead atoms. The predicted octanol–water partition coefficient (Wildman–Crippen LogP) is 4.23. The second-order valence-corrected chi connectivity index (χ2v) is 5.88. The molecule has 0 saturated heterocycles. The van der Waals surface area contributed by atoms with Crippen LogP contribution in [0.15, 0.2) is 60.8 Å². The van der Waals surface area contributed by atoms with Crippen molar-refractivity contribution in [1.82, 2.24) is 4.98 Å². The van der Waals surface area contributed by atoms with Crippen LogP contribution in [-0.2, 0) is 6.42 Å². The number of aromatic nitrogens is 1. The summed E-state index contributed by atoms with van der Waals surface area (Å²) >= 11 is 5.89.